The Morgan fingerprint density at radius 3 is 2.62 bits per heavy atom. The van der Waals surface area contributed by atoms with Gasteiger partial charge in [0.05, 0.1) is 20.8 Å². The number of carbonyl (C=O) groups is 1. The van der Waals surface area contributed by atoms with Gasteiger partial charge in [0.15, 0.2) is 5.96 Å². The van der Waals surface area contributed by atoms with Crippen molar-refractivity contribution in [2.45, 2.75) is 58.0 Å². The first-order valence-electron chi connectivity index (χ1n) is 10.6. The van der Waals surface area contributed by atoms with E-state index >= 15 is 0 Å². The second-order valence-electron chi connectivity index (χ2n) is 7.42. The predicted molar refractivity (Wildman–Crippen MR) is 117 cm³/mol. The van der Waals surface area contributed by atoms with Crippen LogP contribution in [0.3, 0.4) is 0 Å². The minimum atomic E-state index is 0.0935. The van der Waals surface area contributed by atoms with Crippen molar-refractivity contribution in [2.24, 2.45) is 4.99 Å². The van der Waals surface area contributed by atoms with Gasteiger partial charge in [-0.05, 0) is 31.9 Å². The lowest BCUT2D eigenvalue weighted by Gasteiger charge is -2.24. The van der Waals surface area contributed by atoms with Crippen LogP contribution >= 0.6 is 0 Å². The molecule has 0 atom stereocenters. The minimum absolute atomic E-state index is 0.0935. The SMILES string of the molecule is CCNC(=NCCC(=O)NC1CCCCC1)N(C)Cc1ccc(OC)cc1OC. The Morgan fingerprint density at radius 1 is 1.21 bits per heavy atom. The summed E-state index contributed by atoms with van der Waals surface area (Å²) in [7, 11) is 5.27. The summed E-state index contributed by atoms with van der Waals surface area (Å²) in [5.74, 6) is 2.41. The first-order chi connectivity index (χ1) is 14.1. The molecule has 2 N–H and O–H groups in total. The number of nitrogens with zero attached hydrogens (tertiary/aromatic N) is 2. The fourth-order valence-electron chi connectivity index (χ4n) is 3.59. The van der Waals surface area contributed by atoms with Crippen LogP contribution in [0.4, 0.5) is 0 Å². The normalized spacial score (nSPS) is 15.0. The van der Waals surface area contributed by atoms with E-state index < -0.39 is 0 Å². The van der Waals surface area contributed by atoms with E-state index in [9.17, 15) is 4.79 Å². The first kappa shape index (κ1) is 22.8. The number of guanidine groups is 1. The number of hydrogen-bond donors (Lipinski definition) is 2. The Labute approximate surface area is 174 Å². The van der Waals surface area contributed by atoms with Crippen molar-refractivity contribution >= 4 is 11.9 Å². The van der Waals surface area contributed by atoms with Crippen molar-refractivity contribution in [2.75, 3.05) is 34.4 Å². The number of aliphatic imine (C=N–C) groups is 1. The summed E-state index contributed by atoms with van der Waals surface area (Å²) in [5, 5.41) is 6.45. The number of ether oxygens (including phenoxy) is 2. The van der Waals surface area contributed by atoms with E-state index in [2.05, 4.69) is 15.6 Å². The van der Waals surface area contributed by atoms with Gasteiger partial charge in [-0.1, -0.05) is 19.3 Å². The van der Waals surface area contributed by atoms with Crippen LogP contribution in [0.5, 0.6) is 11.5 Å². The zero-order valence-electron chi connectivity index (χ0n) is 18.3. The van der Waals surface area contributed by atoms with Crippen molar-refractivity contribution in [3.05, 3.63) is 23.8 Å². The summed E-state index contributed by atoms with van der Waals surface area (Å²) in [6, 6.07) is 6.14. The van der Waals surface area contributed by atoms with Crippen molar-refractivity contribution in [1.82, 2.24) is 15.5 Å². The largest absolute Gasteiger partial charge is 0.497 e. The molecule has 0 aromatic heterocycles. The molecule has 1 aliphatic rings. The zero-order valence-corrected chi connectivity index (χ0v) is 18.3. The molecular formula is C22H36N4O3. The third-order valence-corrected chi connectivity index (χ3v) is 5.17. The van der Waals surface area contributed by atoms with Gasteiger partial charge < -0.3 is 25.0 Å². The highest BCUT2D eigenvalue weighted by molar-refractivity contribution is 5.81. The molecule has 1 aromatic carbocycles. The van der Waals surface area contributed by atoms with E-state index in [1.807, 2.05) is 37.1 Å². The van der Waals surface area contributed by atoms with Crippen LogP contribution in [0.2, 0.25) is 0 Å². The minimum Gasteiger partial charge on any atom is -0.497 e. The van der Waals surface area contributed by atoms with Crippen molar-refractivity contribution in [3.8, 4) is 11.5 Å². The predicted octanol–water partition coefficient (Wildman–Crippen LogP) is 2.94. The number of methoxy groups -OCH3 is 2. The maximum Gasteiger partial charge on any atom is 0.222 e. The van der Waals surface area contributed by atoms with Crippen molar-refractivity contribution in [1.29, 1.82) is 0 Å². The highest BCUT2D eigenvalue weighted by Gasteiger charge is 2.16. The quantitative estimate of drug-likeness (QED) is 0.489. The molecule has 29 heavy (non-hydrogen) atoms. The number of benzene rings is 1. The van der Waals surface area contributed by atoms with Crippen molar-refractivity contribution in [3.63, 3.8) is 0 Å². The van der Waals surface area contributed by atoms with Gasteiger partial charge in [-0.25, -0.2) is 0 Å². The van der Waals surface area contributed by atoms with Gasteiger partial charge in [0.25, 0.3) is 0 Å². The van der Waals surface area contributed by atoms with Crippen LogP contribution < -0.4 is 20.1 Å². The third-order valence-electron chi connectivity index (χ3n) is 5.17. The monoisotopic (exact) mass is 404 g/mol. The lowest BCUT2D eigenvalue weighted by Crippen LogP contribution is -2.39. The van der Waals surface area contributed by atoms with E-state index in [1.165, 1.54) is 19.3 Å². The second-order valence-corrected chi connectivity index (χ2v) is 7.42. The molecular weight excluding hydrogens is 368 g/mol. The Balaban J connectivity index is 1.92. The molecule has 1 saturated carbocycles. The molecule has 7 nitrogen and oxygen atoms in total. The Hall–Kier alpha value is -2.44. The van der Waals surface area contributed by atoms with Crippen molar-refractivity contribution < 1.29 is 14.3 Å². The number of nitrogens with one attached hydrogen (secondary N) is 2. The molecule has 0 saturated heterocycles. The van der Waals surface area contributed by atoms with Gasteiger partial charge in [0.2, 0.25) is 5.91 Å². The number of amides is 1. The van der Waals surface area contributed by atoms with Gasteiger partial charge in [0, 0.05) is 44.2 Å². The van der Waals surface area contributed by atoms with Crippen LogP contribution in [0.25, 0.3) is 0 Å². The molecule has 1 aromatic rings. The molecule has 162 valence electrons. The Kier molecular flexibility index (Phi) is 9.60. The van der Waals surface area contributed by atoms with Gasteiger partial charge in [-0.3, -0.25) is 9.79 Å². The van der Waals surface area contributed by atoms with Crippen LogP contribution in [0.1, 0.15) is 51.0 Å². The number of hydrogen-bond acceptors (Lipinski definition) is 4. The topological polar surface area (TPSA) is 75.2 Å². The Morgan fingerprint density at radius 2 is 1.97 bits per heavy atom. The molecule has 0 aliphatic heterocycles. The first-order valence-corrected chi connectivity index (χ1v) is 10.6. The lowest BCUT2D eigenvalue weighted by molar-refractivity contribution is -0.121. The van der Waals surface area contributed by atoms with E-state index in [-0.39, 0.29) is 5.91 Å². The maximum atomic E-state index is 12.2. The summed E-state index contributed by atoms with van der Waals surface area (Å²) in [6.07, 6.45) is 6.33. The smallest absolute Gasteiger partial charge is 0.222 e. The molecule has 1 amide bonds. The number of carbonyl (C=O) groups excluding carboxylic acids is 1. The van der Waals surface area contributed by atoms with E-state index in [0.717, 1.165) is 42.4 Å². The average molecular weight is 405 g/mol. The zero-order chi connectivity index (χ0) is 21.1. The molecule has 0 heterocycles. The Bertz CT molecular complexity index is 672. The van der Waals surface area contributed by atoms with E-state index in [1.54, 1.807) is 14.2 Å². The molecule has 1 aliphatic carbocycles. The molecule has 0 bridgehead atoms. The lowest BCUT2D eigenvalue weighted by atomic mass is 9.95. The molecule has 2 rings (SSSR count). The highest BCUT2D eigenvalue weighted by atomic mass is 16.5. The van der Waals surface area contributed by atoms with Gasteiger partial charge in [0.1, 0.15) is 11.5 Å². The molecule has 1 fully saturated rings. The van der Waals surface area contributed by atoms with Gasteiger partial charge in [-0.2, -0.15) is 0 Å². The molecule has 0 unspecified atom stereocenters. The summed E-state index contributed by atoms with van der Waals surface area (Å²) in [4.78, 5) is 18.9. The van der Waals surface area contributed by atoms with Crippen LogP contribution in [-0.2, 0) is 11.3 Å². The van der Waals surface area contributed by atoms with Gasteiger partial charge >= 0.3 is 0 Å². The van der Waals surface area contributed by atoms with E-state index in [4.69, 9.17) is 9.47 Å². The summed E-state index contributed by atoms with van der Waals surface area (Å²) in [6.45, 7) is 3.89. The average Bonchev–Trinajstić information content (AvgIpc) is 2.74. The fourth-order valence-corrected chi connectivity index (χ4v) is 3.59. The van der Waals surface area contributed by atoms with Crippen LogP contribution in [0.15, 0.2) is 23.2 Å². The fraction of sp³-hybridized carbons (Fsp3) is 0.636. The summed E-state index contributed by atoms with van der Waals surface area (Å²) < 4.78 is 10.8. The van der Waals surface area contributed by atoms with E-state index in [0.29, 0.717) is 25.6 Å². The number of rotatable bonds is 9. The summed E-state index contributed by atoms with van der Waals surface area (Å²) >= 11 is 0. The molecule has 0 radical (unpaired) electrons. The third kappa shape index (κ3) is 7.48. The van der Waals surface area contributed by atoms with Crippen LogP contribution in [0, 0.1) is 0 Å². The summed E-state index contributed by atoms with van der Waals surface area (Å²) in [5.41, 5.74) is 1.04. The van der Waals surface area contributed by atoms with Crippen LogP contribution in [-0.4, -0.2) is 57.2 Å². The molecule has 0 spiro atoms. The standard InChI is InChI=1S/C22H36N4O3/c1-5-23-22(24-14-13-21(27)25-18-9-7-6-8-10-18)26(2)16-17-11-12-19(28-3)15-20(17)29-4/h11-12,15,18H,5-10,13-14,16H2,1-4H3,(H,23,24)(H,25,27). The second kappa shape index (κ2) is 12.2. The van der Waals surface area contributed by atoms with Gasteiger partial charge in [-0.15, -0.1) is 0 Å². The molecule has 7 heteroatoms. The highest BCUT2D eigenvalue weighted by Crippen LogP contribution is 2.25. The maximum absolute atomic E-state index is 12.2.